The van der Waals surface area contributed by atoms with Crippen LogP contribution in [0.25, 0.3) is 0 Å². The van der Waals surface area contributed by atoms with E-state index in [0.717, 1.165) is 62.1 Å². The largest absolute Gasteiger partial charge is 0.493 e. The quantitative estimate of drug-likeness (QED) is 0.336. The molecule has 5 rings (SSSR count). The zero-order valence-electron chi connectivity index (χ0n) is 18.7. The Labute approximate surface area is 218 Å². The SMILES string of the molecule is O=C(NSC1CC1)c1cc(C2CC2)c(OCC2CCN(Sc3cc(Cl)cc(Cl)c3)CC2)cc1F. The summed E-state index contributed by atoms with van der Waals surface area (Å²) >= 11 is 15.3. The van der Waals surface area contributed by atoms with Crippen molar-refractivity contribution in [2.24, 2.45) is 5.92 Å². The van der Waals surface area contributed by atoms with Crippen LogP contribution in [0.5, 0.6) is 5.75 Å². The summed E-state index contributed by atoms with van der Waals surface area (Å²) in [5.41, 5.74) is 1.09. The van der Waals surface area contributed by atoms with E-state index >= 15 is 0 Å². The highest BCUT2D eigenvalue weighted by molar-refractivity contribution is 7.98. The third-order valence-corrected chi connectivity index (χ3v) is 8.94. The minimum atomic E-state index is -0.514. The first-order valence-corrected chi connectivity index (χ1v) is 14.2. The molecule has 1 amide bonds. The second kappa shape index (κ2) is 10.9. The molecule has 2 aromatic rings. The standard InChI is InChI=1S/C25H27Cl2FN2O2S2/c26-17-9-18(27)11-20(10-17)34-30-7-5-15(6-8-30)14-32-24-13-23(28)22(12-21(24)16-1-2-16)25(31)29-33-19-3-4-19/h9-13,15-16,19H,1-8,14H2,(H,29,31). The smallest absolute Gasteiger partial charge is 0.264 e. The van der Waals surface area contributed by atoms with Gasteiger partial charge in [-0.1, -0.05) is 23.2 Å². The number of hydrogen-bond donors (Lipinski definition) is 1. The molecule has 2 saturated carbocycles. The molecule has 2 aliphatic carbocycles. The first-order chi connectivity index (χ1) is 16.4. The van der Waals surface area contributed by atoms with Crippen molar-refractivity contribution in [3.8, 4) is 5.75 Å². The summed E-state index contributed by atoms with van der Waals surface area (Å²) in [6, 6.07) is 8.71. The fourth-order valence-corrected chi connectivity index (χ4v) is 6.53. The van der Waals surface area contributed by atoms with Gasteiger partial charge >= 0.3 is 0 Å². The zero-order valence-corrected chi connectivity index (χ0v) is 21.8. The summed E-state index contributed by atoms with van der Waals surface area (Å²) in [4.78, 5) is 13.5. The molecule has 4 nitrogen and oxygen atoms in total. The maximum Gasteiger partial charge on any atom is 0.264 e. The monoisotopic (exact) mass is 540 g/mol. The average molecular weight is 542 g/mol. The van der Waals surface area contributed by atoms with Gasteiger partial charge in [-0.05, 0) is 104 Å². The Balaban J connectivity index is 1.16. The van der Waals surface area contributed by atoms with Gasteiger partial charge in [-0.25, -0.2) is 8.70 Å². The van der Waals surface area contributed by atoms with Crippen LogP contribution in [0.3, 0.4) is 0 Å². The lowest BCUT2D eigenvalue weighted by Crippen LogP contribution is -2.31. The summed E-state index contributed by atoms with van der Waals surface area (Å²) in [6.45, 7) is 2.43. The second-order valence-corrected chi connectivity index (χ2v) is 12.4. The van der Waals surface area contributed by atoms with E-state index < -0.39 is 5.82 Å². The predicted octanol–water partition coefficient (Wildman–Crippen LogP) is 7.35. The van der Waals surface area contributed by atoms with E-state index in [4.69, 9.17) is 27.9 Å². The number of carbonyl (C=O) groups is 1. The molecule has 3 fully saturated rings. The number of nitrogens with zero attached hydrogens (tertiary/aromatic N) is 1. The Morgan fingerprint density at radius 3 is 2.38 bits per heavy atom. The van der Waals surface area contributed by atoms with E-state index in [9.17, 15) is 9.18 Å². The van der Waals surface area contributed by atoms with E-state index in [-0.39, 0.29) is 11.5 Å². The molecule has 0 spiro atoms. The molecule has 0 unspecified atom stereocenters. The molecular formula is C25H27Cl2FN2O2S2. The van der Waals surface area contributed by atoms with E-state index in [1.807, 2.05) is 12.1 Å². The molecule has 0 aromatic heterocycles. The number of hydrogen-bond acceptors (Lipinski definition) is 5. The minimum Gasteiger partial charge on any atom is -0.493 e. The van der Waals surface area contributed by atoms with Crippen molar-refractivity contribution < 1.29 is 13.9 Å². The Morgan fingerprint density at radius 1 is 1.03 bits per heavy atom. The van der Waals surface area contributed by atoms with Crippen LogP contribution in [-0.2, 0) is 0 Å². The molecule has 1 N–H and O–H groups in total. The number of benzene rings is 2. The van der Waals surface area contributed by atoms with Crippen LogP contribution in [0.2, 0.25) is 10.0 Å². The fraction of sp³-hybridized carbons (Fsp3) is 0.480. The average Bonchev–Trinajstić information content (AvgIpc) is 3.71. The van der Waals surface area contributed by atoms with Gasteiger partial charge in [0.25, 0.3) is 5.91 Å². The van der Waals surface area contributed by atoms with E-state index in [1.165, 1.54) is 18.0 Å². The van der Waals surface area contributed by atoms with Crippen LogP contribution in [0.15, 0.2) is 35.2 Å². The minimum absolute atomic E-state index is 0.119. The van der Waals surface area contributed by atoms with Crippen molar-refractivity contribution in [3.05, 3.63) is 57.3 Å². The van der Waals surface area contributed by atoms with Crippen LogP contribution >= 0.6 is 47.1 Å². The molecule has 0 atom stereocenters. The van der Waals surface area contributed by atoms with Crippen LogP contribution in [-0.4, -0.2) is 35.2 Å². The molecular weight excluding hydrogens is 514 g/mol. The van der Waals surface area contributed by atoms with E-state index in [2.05, 4.69) is 9.03 Å². The van der Waals surface area contributed by atoms with Crippen LogP contribution in [0.4, 0.5) is 4.39 Å². The van der Waals surface area contributed by atoms with Crippen molar-refractivity contribution in [1.29, 1.82) is 0 Å². The molecule has 9 heteroatoms. The lowest BCUT2D eigenvalue weighted by Gasteiger charge is -2.31. The molecule has 0 bridgehead atoms. The van der Waals surface area contributed by atoms with Gasteiger partial charge in [0, 0.05) is 39.3 Å². The third-order valence-electron chi connectivity index (χ3n) is 6.32. The molecule has 1 heterocycles. The van der Waals surface area contributed by atoms with Gasteiger partial charge in [-0.15, -0.1) is 0 Å². The molecule has 3 aliphatic rings. The maximum atomic E-state index is 14.8. The zero-order chi connectivity index (χ0) is 23.7. The van der Waals surface area contributed by atoms with Gasteiger partial charge in [0.2, 0.25) is 0 Å². The highest BCUT2D eigenvalue weighted by Gasteiger charge is 2.31. The Hall–Kier alpha value is -1.12. The van der Waals surface area contributed by atoms with E-state index in [1.54, 1.807) is 24.1 Å². The Morgan fingerprint density at radius 2 is 1.74 bits per heavy atom. The second-order valence-electron chi connectivity index (χ2n) is 9.27. The molecule has 1 aliphatic heterocycles. The fourth-order valence-electron chi connectivity index (χ4n) is 4.07. The highest BCUT2D eigenvalue weighted by atomic mass is 35.5. The topological polar surface area (TPSA) is 41.6 Å². The van der Waals surface area contributed by atoms with Gasteiger partial charge in [-0.3, -0.25) is 9.52 Å². The predicted molar refractivity (Wildman–Crippen MR) is 139 cm³/mol. The Bertz CT molecular complexity index is 1040. The number of halogens is 3. The van der Waals surface area contributed by atoms with Gasteiger partial charge < -0.3 is 4.74 Å². The first-order valence-electron chi connectivity index (χ1n) is 11.8. The van der Waals surface area contributed by atoms with E-state index in [0.29, 0.717) is 39.5 Å². The summed E-state index contributed by atoms with van der Waals surface area (Å²) in [7, 11) is 0. The lowest BCUT2D eigenvalue weighted by atomic mass is 9.99. The number of nitrogens with one attached hydrogen (secondary N) is 1. The Kier molecular flexibility index (Phi) is 7.86. The van der Waals surface area contributed by atoms with Crippen molar-refractivity contribution in [2.75, 3.05) is 19.7 Å². The van der Waals surface area contributed by atoms with Crippen molar-refractivity contribution >= 4 is 53.0 Å². The summed E-state index contributed by atoms with van der Waals surface area (Å²) in [5, 5.41) is 1.76. The molecule has 182 valence electrons. The van der Waals surface area contributed by atoms with Crippen LogP contribution < -0.4 is 9.46 Å². The summed E-state index contributed by atoms with van der Waals surface area (Å²) < 4.78 is 26.1. The number of ether oxygens (including phenoxy) is 1. The number of piperidine rings is 1. The number of rotatable bonds is 9. The van der Waals surface area contributed by atoms with Crippen molar-refractivity contribution in [2.45, 2.75) is 54.6 Å². The molecule has 2 aromatic carbocycles. The van der Waals surface area contributed by atoms with Gasteiger partial charge in [0.1, 0.15) is 11.6 Å². The van der Waals surface area contributed by atoms with Gasteiger partial charge in [0.15, 0.2) is 0 Å². The lowest BCUT2D eigenvalue weighted by molar-refractivity contribution is 0.0980. The molecule has 1 saturated heterocycles. The maximum absolute atomic E-state index is 14.8. The van der Waals surface area contributed by atoms with Crippen molar-refractivity contribution in [1.82, 2.24) is 9.03 Å². The van der Waals surface area contributed by atoms with Crippen molar-refractivity contribution in [3.63, 3.8) is 0 Å². The summed E-state index contributed by atoms with van der Waals surface area (Å²) in [6.07, 6.45) is 6.34. The van der Waals surface area contributed by atoms with Gasteiger partial charge in [0.05, 0.1) is 12.2 Å². The van der Waals surface area contributed by atoms with Crippen LogP contribution in [0, 0.1) is 11.7 Å². The third kappa shape index (κ3) is 6.55. The number of carbonyl (C=O) groups excluding carboxylic acids is 1. The first kappa shape index (κ1) is 24.6. The van der Waals surface area contributed by atoms with Gasteiger partial charge in [-0.2, -0.15) is 0 Å². The van der Waals surface area contributed by atoms with Crippen LogP contribution in [0.1, 0.15) is 60.4 Å². The number of amides is 1. The molecule has 34 heavy (non-hydrogen) atoms. The summed E-state index contributed by atoms with van der Waals surface area (Å²) in [5.74, 6) is 0.499. The molecule has 0 radical (unpaired) electrons. The highest BCUT2D eigenvalue weighted by Crippen LogP contribution is 2.45. The normalized spacial score (nSPS) is 19.3.